The highest BCUT2D eigenvalue weighted by Crippen LogP contribution is 2.31. The molecule has 1 saturated carbocycles. The Bertz CT molecular complexity index is 352. The topological polar surface area (TPSA) is 35.2 Å². The van der Waals surface area contributed by atoms with Crippen molar-refractivity contribution in [3.8, 4) is 5.75 Å². The van der Waals surface area contributed by atoms with E-state index >= 15 is 0 Å². The van der Waals surface area contributed by atoms with E-state index in [-0.39, 0.29) is 6.10 Å². The Kier molecular flexibility index (Phi) is 4.30. The summed E-state index contributed by atoms with van der Waals surface area (Å²) in [6.45, 7) is 3.00. The summed E-state index contributed by atoms with van der Waals surface area (Å²) >= 11 is 5.86. The molecule has 1 aromatic rings. The van der Waals surface area contributed by atoms with Crippen molar-refractivity contribution in [3.63, 3.8) is 0 Å². The Labute approximate surface area is 108 Å². The van der Waals surface area contributed by atoms with Crippen LogP contribution in [0.5, 0.6) is 5.75 Å². The number of benzene rings is 1. The first-order valence-corrected chi connectivity index (χ1v) is 6.69. The zero-order chi connectivity index (χ0) is 12.3. The molecule has 1 fully saturated rings. The molecule has 0 aliphatic heterocycles. The summed E-state index contributed by atoms with van der Waals surface area (Å²) in [5.41, 5.74) is 5.82. The van der Waals surface area contributed by atoms with Crippen LogP contribution in [0.15, 0.2) is 24.3 Å². The summed E-state index contributed by atoms with van der Waals surface area (Å²) in [6, 6.07) is 7.57. The van der Waals surface area contributed by atoms with Crippen LogP contribution in [0.1, 0.15) is 26.2 Å². The predicted octanol–water partition coefficient (Wildman–Crippen LogP) is 3.48. The van der Waals surface area contributed by atoms with E-state index in [4.69, 9.17) is 22.1 Å². The maximum Gasteiger partial charge on any atom is 0.119 e. The lowest BCUT2D eigenvalue weighted by Crippen LogP contribution is -2.37. The first-order chi connectivity index (χ1) is 8.19. The van der Waals surface area contributed by atoms with Gasteiger partial charge < -0.3 is 10.5 Å². The maximum absolute atomic E-state index is 6.05. The summed E-state index contributed by atoms with van der Waals surface area (Å²) < 4.78 is 6.05. The molecule has 0 aromatic heterocycles. The molecule has 0 heterocycles. The van der Waals surface area contributed by atoms with Crippen molar-refractivity contribution in [2.45, 2.75) is 32.3 Å². The highest BCUT2D eigenvalue weighted by atomic mass is 35.5. The number of halogens is 1. The molecular weight excluding hydrogens is 234 g/mol. The third-order valence-electron chi connectivity index (χ3n) is 3.59. The van der Waals surface area contributed by atoms with Gasteiger partial charge in [-0.05, 0) is 49.6 Å². The van der Waals surface area contributed by atoms with E-state index in [0.717, 1.165) is 23.1 Å². The Morgan fingerprint density at radius 2 is 2.00 bits per heavy atom. The molecule has 0 radical (unpaired) electrons. The van der Waals surface area contributed by atoms with Crippen LogP contribution < -0.4 is 10.5 Å². The van der Waals surface area contributed by atoms with E-state index in [1.54, 1.807) is 0 Å². The SMILES string of the molecule is CC1CCC(CN)C(Oc2ccc(Cl)cc2)C1. The third-order valence-corrected chi connectivity index (χ3v) is 3.85. The molecule has 1 aromatic carbocycles. The highest BCUT2D eigenvalue weighted by molar-refractivity contribution is 6.30. The van der Waals surface area contributed by atoms with Crippen molar-refractivity contribution in [2.24, 2.45) is 17.6 Å². The summed E-state index contributed by atoms with van der Waals surface area (Å²) in [5.74, 6) is 2.11. The van der Waals surface area contributed by atoms with Crippen LogP contribution in [0, 0.1) is 11.8 Å². The van der Waals surface area contributed by atoms with Crippen LogP contribution in [-0.2, 0) is 0 Å². The van der Waals surface area contributed by atoms with Gasteiger partial charge in [-0.1, -0.05) is 24.9 Å². The molecule has 0 bridgehead atoms. The largest absolute Gasteiger partial charge is 0.490 e. The van der Waals surface area contributed by atoms with Crippen LogP contribution in [-0.4, -0.2) is 12.6 Å². The molecular formula is C14H20ClNO. The van der Waals surface area contributed by atoms with E-state index < -0.39 is 0 Å². The van der Waals surface area contributed by atoms with Crippen molar-refractivity contribution in [2.75, 3.05) is 6.54 Å². The number of hydrogen-bond donors (Lipinski definition) is 1. The molecule has 3 heteroatoms. The molecule has 0 saturated heterocycles. The monoisotopic (exact) mass is 253 g/mol. The third kappa shape index (κ3) is 3.36. The molecule has 2 N–H and O–H groups in total. The van der Waals surface area contributed by atoms with Gasteiger partial charge in [-0.3, -0.25) is 0 Å². The Morgan fingerprint density at radius 3 is 2.65 bits per heavy atom. The minimum Gasteiger partial charge on any atom is -0.490 e. The Balaban J connectivity index is 2.02. The van der Waals surface area contributed by atoms with E-state index in [9.17, 15) is 0 Å². The van der Waals surface area contributed by atoms with E-state index in [0.29, 0.717) is 12.5 Å². The highest BCUT2D eigenvalue weighted by Gasteiger charge is 2.29. The minimum absolute atomic E-state index is 0.255. The number of ether oxygens (including phenoxy) is 1. The van der Waals surface area contributed by atoms with Crippen molar-refractivity contribution in [1.29, 1.82) is 0 Å². The van der Waals surface area contributed by atoms with Crippen LogP contribution in [0.3, 0.4) is 0 Å². The van der Waals surface area contributed by atoms with Crippen LogP contribution >= 0.6 is 11.6 Å². The smallest absolute Gasteiger partial charge is 0.119 e. The van der Waals surface area contributed by atoms with Gasteiger partial charge >= 0.3 is 0 Å². The zero-order valence-corrected chi connectivity index (χ0v) is 11.0. The fraction of sp³-hybridized carbons (Fsp3) is 0.571. The van der Waals surface area contributed by atoms with Gasteiger partial charge in [0.05, 0.1) is 0 Å². The summed E-state index contributed by atoms with van der Waals surface area (Å²) in [5, 5.41) is 0.740. The second-order valence-electron chi connectivity index (χ2n) is 5.02. The molecule has 0 spiro atoms. The van der Waals surface area contributed by atoms with Gasteiger partial charge in [-0.2, -0.15) is 0 Å². The molecule has 2 rings (SSSR count). The van der Waals surface area contributed by atoms with Gasteiger partial charge in [-0.25, -0.2) is 0 Å². The first kappa shape index (κ1) is 12.7. The van der Waals surface area contributed by atoms with Gasteiger partial charge in [0, 0.05) is 10.9 Å². The van der Waals surface area contributed by atoms with Crippen molar-refractivity contribution in [1.82, 2.24) is 0 Å². The standard InChI is InChI=1S/C14H20ClNO/c1-10-2-3-11(9-16)14(8-10)17-13-6-4-12(15)5-7-13/h4-7,10-11,14H,2-3,8-9,16H2,1H3. The van der Waals surface area contributed by atoms with Gasteiger partial charge in [0.2, 0.25) is 0 Å². The fourth-order valence-electron chi connectivity index (χ4n) is 2.49. The average molecular weight is 254 g/mol. The van der Waals surface area contributed by atoms with E-state index in [2.05, 4.69) is 6.92 Å². The quantitative estimate of drug-likeness (QED) is 0.895. The molecule has 2 nitrogen and oxygen atoms in total. The van der Waals surface area contributed by atoms with Gasteiger partial charge in [0.15, 0.2) is 0 Å². The predicted molar refractivity (Wildman–Crippen MR) is 71.4 cm³/mol. The Hall–Kier alpha value is -0.730. The summed E-state index contributed by atoms with van der Waals surface area (Å²) in [6.07, 6.45) is 3.80. The van der Waals surface area contributed by atoms with Crippen LogP contribution in [0.2, 0.25) is 5.02 Å². The van der Waals surface area contributed by atoms with Crippen molar-refractivity contribution >= 4 is 11.6 Å². The second kappa shape index (κ2) is 5.74. The number of hydrogen-bond acceptors (Lipinski definition) is 2. The summed E-state index contributed by atoms with van der Waals surface area (Å²) in [4.78, 5) is 0. The molecule has 1 aliphatic carbocycles. The molecule has 94 valence electrons. The minimum atomic E-state index is 0.255. The fourth-order valence-corrected chi connectivity index (χ4v) is 2.62. The van der Waals surface area contributed by atoms with Gasteiger partial charge in [0.25, 0.3) is 0 Å². The lowest BCUT2D eigenvalue weighted by molar-refractivity contribution is 0.0742. The zero-order valence-electron chi connectivity index (χ0n) is 10.2. The second-order valence-corrected chi connectivity index (χ2v) is 5.46. The molecule has 3 atom stereocenters. The average Bonchev–Trinajstić information content (AvgIpc) is 2.32. The summed E-state index contributed by atoms with van der Waals surface area (Å²) in [7, 11) is 0. The lowest BCUT2D eigenvalue weighted by atomic mass is 9.80. The van der Waals surface area contributed by atoms with E-state index in [1.807, 2.05) is 24.3 Å². The van der Waals surface area contributed by atoms with Gasteiger partial charge in [0.1, 0.15) is 11.9 Å². The molecule has 0 amide bonds. The normalized spacial score (nSPS) is 29.0. The van der Waals surface area contributed by atoms with Crippen LogP contribution in [0.4, 0.5) is 0 Å². The molecule has 1 aliphatic rings. The van der Waals surface area contributed by atoms with Gasteiger partial charge in [-0.15, -0.1) is 0 Å². The number of rotatable bonds is 3. The van der Waals surface area contributed by atoms with E-state index in [1.165, 1.54) is 12.8 Å². The lowest BCUT2D eigenvalue weighted by Gasteiger charge is -2.34. The number of nitrogens with two attached hydrogens (primary N) is 1. The van der Waals surface area contributed by atoms with Crippen LogP contribution in [0.25, 0.3) is 0 Å². The first-order valence-electron chi connectivity index (χ1n) is 6.31. The maximum atomic E-state index is 6.05. The Morgan fingerprint density at radius 1 is 1.29 bits per heavy atom. The molecule has 17 heavy (non-hydrogen) atoms. The van der Waals surface area contributed by atoms with Crippen molar-refractivity contribution < 1.29 is 4.74 Å². The molecule has 3 unspecified atom stereocenters. The van der Waals surface area contributed by atoms with Crippen molar-refractivity contribution in [3.05, 3.63) is 29.3 Å².